The van der Waals surface area contributed by atoms with Gasteiger partial charge in [-0.1, -0.05) is 23.8 Å². The number of benzene rings is 1. The summed E-state index contributed by atoms with van der Waals surface area (Å²) in [4.78, 5) is 23.8. The van der Waals surface area contributed by atoms with Gasteiger partial charge in [-0.2, -0.15) is 8.78 Å². The minimum Gasteiger partial charge on any atom is -0.481 e. The zero-order chi connectivity index (χ0) is 17.4. The zero-order valence-electron chi connectivity index (χ0n) is 12.0. The molecule has 128 valence electrons. The molecule has 0 aliphatic carbocycles. The number of carbonyl (C=O) groups is 2. The lowest BCUT2D eigenvalue weighted by Gasteiger charge is -2.21. The predicted molar refractivity (Wildman–Crippen MR) is 79.1 cm³/mol. The third kappa shape index (κ3) is 3.07. The highest BCUT2D eigenvalue weighted by Crippen LogP contribution is 2.40. The van der Waals surface area contributed by atoms with Crippen molar-refractivity contribution in [1.29, 1.82) is 0 Å². The molecule has 2 N–H and O–H groups in total. The quantitative estimate of drug-likeness (QED) is 0.789. The van der Waals surface area contributed by atoms with Crippen LogP contribution in [-0.2, 0) is 14.3 Å². The summed E-state index contributed by atoms with van der Waals surface area (Å²) >= 11 is 5.82. The van der Waals surface area contributed by atoms with Crippen molar-refractivity contribution in [2.75, 3.05) is 5.32 Å². The van der Waals surface area contributed by atoms with E-state index in [4.69, 9.17) is 16.3 Å². The van der Waals surface area contributed by atoms with Crippen molar-refractivity contribution in [3.8, 4) is 5.75 Å². The number of aliphatic carboxylic acids is 1. The number of fused-ring (bicyclic) bond motifs is 2. The van der Waals surface area contributed by atoms with Gasteiger partial charge in [0.25, 0.3) is 0 Å². The van der Waals surface area contributed by atoms with Gasteiger partial charge in [0.1, 0.15) is 11.7 Å². The van der Waals surface area contributed by atoms with Gasteiger partial charge in [0, 0.05) is 5.69 Å². The van der Waals surface area contributed by atoms with E-state index in [2.05, 4.69) is 10.1 Å². The highest BCUT2D eigenvalue weighted by Gasteiger charge is 2.53. The Hall–Kier alpha value is -2.19. The Morgan fingerprint density at radius 2 is 1.92 bits per heavy atom. The number of carboxylic acid groups (broad SMARTS) is 1. The van der Waals surface area contributed by atoms with Gasteiger partial charge < -0.3 is 19.9 Å². The fourth-order valence-electron chi connectivity index (χ4n) is 2.91. The number of hydrogen-bond acceptors (Lipinski definition) is 4. The molecule has 2 heterocycles. The molecule has 9 heteroatoms. The molecule has 0 radical (unpaired) electrons. The second-order valence-electron chi connectivity index (χ2n) is 5.35. The maximum atomic E-state index is 12.4. The number of alkyl halides is 2. The molecule has 6 nitrogen and oxygen atoms in total. The Morgan fingerprint density at radius 1 is 1.25 bits per heavy atom. The van der Waals surface area contributed by atoms with E-state index in [0.29, 0.717) is 0 Å². The highest BCUT2D eigenvalue weighted by molar-refractivity contribution is 6.32. The van der Waals surface area contributed by atoms with E-state index in [-0.39, 0.29) is 16.5 Å². The summed E-state index contributed by atoms with van der Waals surface area (Å²) < 4.78 is 34.0. The second kappa shape index (κ2) is 6.37. The van der Waals surface area contributed by atoms with Gasteiger partial charge in [0.15, 0.2) is 0 Å². The van der Waals surface area contributed by atoms with Gasteiger partial charge in [0.05, 0.1) is 23.1 Å². The molecule has 0 saturated carbocycles. The van der Waals surface area contributed by atoms with Crippen molar-refractivity contribution in [2.24, 2.45) is 11.8 Å². The summed E-state index contributed by atoms with van der Waals surface area (Å²) in [6, 6.07) is 3.77. The van der Waals surface area contributed by atoms with Crippen LogP contribution in [0.15, 0.2) is 30.4 Å². The molecule has 1 amide bonds. The van der Waals surface area contributed by atoms with Crippen molar-refractivity contribution in [1.82, 2.24) is 0 Å². The van der Waals surface area contributed by atoms with Crippen LogP contribution in [0.1, 0.15) is 0 Å². The number of ether oxygens (including phenoxy) is 2. The third-order valence-corrected chi connectivity index (χ3v) is 4.20. The van der Waals surface area contributed by atoms with Crippen LogP contribution in [0, 0.1) is 11.8 Å². The molecule has 3 rings (SSSR count). The zero-order valence-corrected chi connectivity index (χ0v) is 12.7. The molecular formula is C15H12ClF2NO5. The summed E-state index contributed by atoms with van der Waals surface area (Å²) in [7, 11) is 0. The van der Waals surface area contributed by atoms with Crippen LogP contribution in [-0.4, -0.2) is 35.8 Å². The van der Waals surface area contributed by atoms with E-state index in [1.54, 1.807) is 12.2 Å². The average Bonchev–Trinajstić information content (AvgIpc) is 3.10. The number of anilines is 1. The minimum atomic E-state index is -3.02. The number of carboxylic acids is 1. The summed E-state index contributed by atoms with van der Waals surface area (Å²) in [6.45, 7) is -3.02. The monoisotopic (exact) mass is 359 g/mol. The lowest BCUT2D eigenvalue weighted by Crippen LogP contribution is -2.39. The van der Waals surface area contributed by atoms with Crippen molar-refractivity contribution in [3.63, 3.8) is 0 Å². The van der Waals surface area contributed by atoms with Crippen molar-refractivity contribution < 1.29 is 33.0 Å². The third-order valence-electron chi connectivity index (χ3n) is 3.90. The molecule has 24 heavy (non-hydrogen) atoms. The van der Waals surface area contributed by atoms with Gasteiger partial charge in [-0.15, -0.1) is 0 Å². The van der Waals surface area contributed by atoms with Crippen LogP contribution in [0.5, 0.6) is 5.75 Å². The van der Waals surface area contributed by atoms with E-state index in [9.17, 15) is 23.5 Å². The molecule has 0 spiro atoms. The first-order chi connectivity index (χ1) is 11.4. The Bertz CT molecular complexity index is 711. The Balaban J connectivity index is 1.74. The lowest BCUT2D eigenvalue weighted by atomic mass is 9.82. The summed E-state index contributed by atoms with van der Waals surface area (Å²) in [5.41, 5.74) is 0.238. The summed E-state index contributed by atoms with van der Waals surface area (Å²) in [5, 5.41) is 11.7. The van der Waals surface area contributed by atoms with Crippen molar-refractivity contribution >= 4 is 29.2 Å². The summed E-state index contributed by atoms with van der Waals surface area (Å²) in [6.07, 6.45) is 2.04. The van der Waals surface area contributed by atoms with E-state index in [1.165, 1.54) is 18.2 Å². The SMILES string of the molecule is O=C(O)C1C2C=CC(O2)C1C(=O)Nc1ccc(OC(F)F)c(Cl)c1. The molecule has 1 aromatic rings. The number of halogens is 3. The van der Waals surface area contributed by atoms with Gasteiger partial charge in [-0.3, -0.25) is 9.59 Å². The van der Waals surface area contributed by atoms with Gasteiger partial charge in [-0.05, 0) is 18.2 Å². The second-order valence-corrected chi connectivity index (χ2v) is 5.76. The van der Waals surface area contributed by atoms with E-state index >= 15 is 0 Å². The topological polar surface area (TPSA) is 84.9 Å². The molecular weight excluding hydrogens is 348 g/mol. The summed E-state index contributed by atoms with van der Waals surface area (Å²) in [5.74, 6) is -3.74. The predicted octanol–water partition coefficient (Wildman–Crippen LogP) is 2.53. The first kappa shape index (κ1) is 16.7. The first-order valence-electron chi connectivity index (χ1n) is 6.98. The van der Waals surface area contributed by atoms with Crippen LogP contribution in [0.4, 0.5) is 14.5 Å². The normalized spacial score (nSPS) is 27.5. The van der Waals surface area contributed by atoms with Crippen LogP contribution < -0.4 is 10.1 Å². The van der Waals surface area contributed by atoms with Gasteiger partial charge in [-0.25, -0.2) is 0 Å². The Labute approximate surface area is 140 Å². The number of nitrogens with one attached hydrogen (secondary N) is 1. The standard InChI is InChI=1S/C15H12ClF2NO5/c16-7-5-6(1-2-8(7)24-15(17)18)19-13(20)11-9-3-4-10(23-9)12(11)14(21)22/h1-5,9-12,15H,(H,19,20)(H,21,22). The molecule has 0 aromatic heterocycles. The molecule has 2 aliphatic heterocycles. The average molecular weight is 360 g/mol. The van der Waals surface area contributed by atoms with Crippen molar-refractivity contribution in [2.45, 2.75) is 18.8 Å². The van der Waals surface area contributed by atoms with Crippen LogP contribution in [0.2, 0.25) is 5.02 Å². The number of rotatable bonds is 5. The first-order valence-corrected chi connectivity index (χ1v) is 7.36. The van der Waals surface area contributed by atoms with E-state index < -0.39 is 42.5 Å². The van der Waals surface area contributed by atoms with E-state index in [0.717, 1.165) is 0 Å². The fourth-order valence-corrected chi connectivity index (χ4v) is 3.14. The number of carbonyl (C=O) groups excluding carboxylic acids is 1. The molecule has 2 bridgehead atoms. The molecule has 1 saturated heterocycles. The van der Waals surface area contributed by atoms with Gasteiger partial charge >= 0.3 is 12.6 Å². The number of amides is 1. The Morgan fingerprint density at radius 3 is 2.50 bits per heavy atom. The molecule has 1 fully saturated rings. The molecule has 4 unspecified atom stereocenters. The van der Waals surface area contributed by atoms with Crippen LogP contribution in [0.25, 0.3) is 0 Å². The Kier molecular flexibility index (Phi) is 4.42. The molecule has 1 aromatic carbocycles. The van der Waals surface area contributed by atoms with Crippen LogP contribution >= 0.6 is 11.6 Å². The molecule has 4 atom stereocenters. The maximum Gasteiger partial charge on any atom is 0.387 e. The maximum absolute atomic E-state index is 12.4. The fraction of sp³-hybridized carbons (Fsp3) is 0.333. The minimum absolute atomic E-state index is 0.105. The lowest BCUT2D eigenvalue weighted by molar-refractivity contribution is -0.145. The van der Waals surface area contributed by atoms with E-state index in [1.807, 2.05) is 0 Å². The number of hydrogen-bond donors (Lipinski definition) is 2. The van der Waals surface area contributed by atoms with Crippen LogP contribution in [0.3, 0.4) is 0 Å². The van der Waals surface area contributed by atoms with Crippen molar-refractivity contribution in [3.05, 3.63) is 35.4 Å². The largest absolute Gasteiger partial charge is 0.481 e. The van der Waals surface area contributed by atoms with Gasteiger partial charge in [0.2, 0.25) is 5.91 Å². The smallest absolute Gasteiger partial charge is 0.387 e. The highest BCUT2D eigenvalue weighted by atomic mass is 35.5. The molecule has 2 aliphatic rings.